The zero-order valence-electron chi connectivity index (χ0n) is 10.6. The number of ketones is 1. The van der Waals surface area contributed by atoms with E-state index >= 15 is 0 Å². The molecule has 3 N–H and O–H groups in total. The Hall–Kier alpha value is -2.37. The van der Waals surface area contributed by atoms with Gasteiger partial charge in [0.1, 0.15) is 0 Å². The average Bonchev–Trinajstić information content (AvgIpc) is 2.34. The monoisotopic (exact) mass is 264 g/mol. The fourth-order valence-corrected chi connectivity index (χ4v) is 1.43. The Morgan fingerprint density at radius 1 is 1.26 bits per heavy atom. The number of carboxylic acid groups (broad SMARTS) is 1. The van der Waals surface area contributed by atoms with E-state index in [1.807, 2.05) is 0 Å². The molecule has 0 unspecified atom stereocenters. The summed E-state index contributed by atoms with van der Waals surface area (Å²) in [6.07, 6.45) is 0.385. The van der Waals surface area contributed by atoms with E-state index in [0.717, 1.165) is 0 Å². The van der Waals surface area contributed by atoms with Crippen LogP contribution >= 0.6 is 0 Å². The van der Waals surface area contributed by atoms with Crippen LogP contribution in [-0.2, 0) is 4.79 Å². The Morgan fingerprint density at radius 3 is 2.63 bits per heavy atom. The SMILES string of the molecule is CC(=O)c1cccc(NC(=O)NCCCC(=O)O)c1. The lowest BCUT2D eigenvalue weighted by Gasteiger charge is -2.07. The number of Topliss-reactive ketones (excluding diaryl/α,β-unsaturated/α-hetero) is 1. The summed E-state index contributed by atoms with van der Waals surface area (Å²) in [4.78, 5) is 32.9. The number of carboxylic acids is 1. The molecular weight excluding hydrogens is 248 g/mol. The second-order valence-electron chi connectivity index (χ2n) is 4.02. The van der Waals surface area contributed by atoms with Crippen LogP contribution < -0.4 is 10.6 Å². The van der Waals surface area contributed by atoms with Gasteiger partial charge in [0.2, 0.25) is 0 Å². The maximum Gasteiger partial charge on any atom is 0.319 e. The van der Waals surface area contributed by atoms with Gasteiger partial charge in [-0.1, -0.05) is 12.1 Å². The third kappa shape index (κ3) is 5.67. The summed E-state index contributed by atoms with van der Waals surface area (Å²) in [5.41, 5.74) is 1.03. The lowest BCUT2D eigenvalue weighted by atomic mass is 10.1. The van der Waals surface area contributed by atoms with Gasteiger partial charge in [0.15, 0.2) is 5.78 Å². The van der Waals surface area contributed by atoms with Crippen LogP contribution in [0.5, 0.6) is 0 Å². The fourth-order valence-electron chi connectivity index (χ4n) is 1.43. The van der Waals surface area contributed by atoms with E-state index in [-0.39, 0.29) is 18.7 Å². The van der Waals surface area contributed by atoms with Crippen LogP contribution in [0.25, 0.3) is 0 Å². The van der Waals surface area contributed by atoms with Crippen LogP contribution in [0.3, 0.4) is 0 Å². The second kappa shape index (κ2) is 7.15. The van der Waals surface area contributed by atoms with Crippen molar-refractivity contribution in [1.82, 2.24) is 5.32 Å². The smallest absolute Gasteiger partial charge is 0.319 e. The van der Waals surface area contributed by atoms with Crippen LogP contribution in [-0.4, -0.2) is 29.4 Å². The molecule has 6 nitrogen and oxygen atoms in total. The van der Waals surface area contributed by atoms with Crippen LogP contribution in [0, 0.1) is 0 Å². The Balaban J connectivity index is 2.42. The summed E-state index contributed by atoms with van der Waals surface area (Å²) >= 11 is 0. The zero-order chi connectivity index (χ0) is 14.3. The topological polar surface area (TPSA) is 95.5 Å². The van der Waals surface area contributed by atoms with Crippen molar-refractivity contribution in [3.63, 3.8) is 0 Å². The van der Waals surface area contributed by atoms with Crippen molar-refractivity contribution in [3.05, 3.63) is 29.8 Å². The minimum absolute atomic E-state index is 0.0140. The molecule has 0 aliphatic carbocycles. The quantitative estimate of drug-likeness (QED) is 0.540. The van der Waals surface area contributed by atoms with Crippen molar-refractivity contribution in [2.24, 2.45) is 0 Å². The minimum Gasteiger partial charge on any atom is -0.481 e. The molecule has 2 amide bonds. The van der Waals surface area contributed by atoms with Gasteiger partial charge in [0, 0.05) is 24.2 Å². The van der Waals surface area contributed by atoms with Gasteiger partial charge >= 0.3 is 12.0 Å². The molecule has 0 bridgehead atoms. The van der Waals surface area contributed by atoms with Crippen molar-refractivity contribution in [3.8, 4) is 0 Å². The Morgan fingerprint density at radius 2 is 2.00 bits per heavy atom. The molecule has 1 aromatic rings. The van der Waals surface area contributed by atoms with Crippen molar-refractivity contribution < 1.29 is 19.5 Å². The van der Waals surface area contributed by atoms with E-state index in [2.05, 4.69) is 10.6 Å². The molecule has 19 heavy (non-hydrogen) atoms. The van der Waals surface area contributed by atoms with Gasteiger partial charge in [-0.3, -0.25) is 9.59 Å². The molecule has 0 aromatic heterocycles. The van der Waals surface area contributed by atoms with Crippen LogP contribution in [0.4, 0.5) is 10.5 Å². The predicted molar refractivity (Wildman–Crippen MR) is 70.3 cm³/mol. The largest absolute Gasteiger partial charge is 0.481 e. The Kier molecular flexibility index (Phi) is 5.53. The van der Waals surface area contributed by atoms with Crippen molar-refractivity contribution in [2.75, 3.05) is 11.9 Å². The highest BCUT2D eigenvalue weighted by Gasteiger charge is 2.04. The molecule has 0 saturated carbocycles. The number of nitrogens with one attached hydrogen (secondary N) is 2. The van der Waals surface area contributed by atoms with E-state index in [1.165, 1.54) is 6.92 Å². The maximum atomic E-state index is 11.5. The summed E-state index contributed by atoms with van der Waals surface area (Å²) in [5, 5.41) is 13.5. The number of amides is 2. The fraction of sp³-hybridized carbons (Fsp3) is 0.308. The van der Waals surface area contributed by atoms with Gasteiger partial charge in [-0.05, 0) is 25.5 Å². The number of aliphatic carboxylic acids is 1. The van der Waals surface area contributed by atoms with Crippen LogP contribution in [0.1, 0.15) is 30.1 Å². The molecule has 0 spiro atoms. The average molecular weight is 264 g/mol. The number of benzene rings is 1. The molecule has 0 fully saturated rings. The molecule has 102 valence electrons. The number of rotatable bonds is 6. The van der Waals surface area contributed by atoms with Gasteiger partial charge in [0.25, 0.3) is 0 Å². The lowest BCUT2D eigenvalue weighted by molar-refractivity contribution is -0.137. The van der Waals surface area contributed by atoms with Gasteiger partial charge in [-0.2, -0.15) is 0 Å². The van der Waals surface area contributed by atoms with Gasteiger partial charge < -0.3 is 15.7 Å². The first kappa shape index (κ1) is 14.7. The van der Waals surface area contributed by atoms with E-state index < -0.39 is 12.0 Å². The highest BCUT2D eigenvalue weighted by molar-refractivity contribution is 5.96. The zero-order valence-corrected chi connectivity index (χ0v) is 10.6. The van der Waals surface area contributed by atoms with E-state index in [1.54, 1.807) is 24.3 Å². The molecule has 0 aliphatic heterocycles. The Bertz CT molecular complexity index is 485. The lowest BCUT2D eigenvalue weighted by Crippen LogP contribution is -2.29. The van der Waals surface area contributed by atoms with Gasteiger partial charge in [-0.15, -0.1) is 0 Å². The van der Waals surface area contributed by atoms with Gasteiger partial charge in [0.05, 0.1) is 0 Å². The van der Waals surface area contributed by atoms with E-state index in [4.69, 9.17) is 5.11 Å². The number of hydrogen-bond donors (Lipinski definition) is 3. The normalized spacial score (nSPS) is 9.74. The molecule has 0 saturated heterocycles. The first-order chi connectivity index (χ1) is 8.99. The summed E-state index contributed by atoms with van der Waals surface area (Å²) in [5.74, 6) is -0.970. The number of hydrogen-bond acceptors (Lipinski definition) is 3. The summed E-state index contributed by atoms with van der Waals surface area (Å²) in [7, 11) is 0. The van der Waals surface area contributed by atoms with Crippen LogP contribution in [0.15, 0.2) is 24.3 Å². The van der Waals surface area contributed by atoms with Crippen molar-refractivity contribution >= 4 is 23.5 Å². The third-order valence-corrected chi connectivity index (χ3v) is 2.38. The van der Waals surface area contributed by atoms with Gasteiger partial charge in [-0.25, -0.2) is 4.79 Å². The highest BCUT2D eigenvalue weighted by atomic mass is 16.4. The molecule has 0 aliphatic rings. The maximum absolute atomic E-state index is 11.5. The van der Waals surface area contributed by atoms with E-state index in [9.17, 15) is 14.4 Å². The number of anilines is 1. The summed E-state index contributed by atoms with van der Waals surface area (Å²) < 4.78 is 0. The summed E-state index contributed by atoms with van der Waals surface area (Å²) in [6.45, 7) is 1.73. The first-order valence-corrected chi connectivity index (χ1v) is 5.86. The molecule has 0 radical (unpaired) electrons. The molecule has 0 atom stereocenters. The standard InChI is InChI=1S/C13H16N2O4/c1-9(16)10-4-2-5-11(8-10)15-13(19)14-7-3-6-12(17)18/h2,4-5,8H,3,6-7H2,1H3,(H,17,18)(H2,14,15,19). The number of carbonyl (C=O) groups excluding carboxylic acids is 2. The number of carbonyl (C=O) groups is 3. The highest BCUT2D eigenvalue weighted by Crippen LogP contribution is 2.10. The molecular formula is C13H16N2O4. The van der Waals surface area contributed by atoms with E-state index in [0.29, 0.717) is 17.7 Å². The first-order valence-electron chi connectivity index (χ1n) is 5.86. The minimum atomic E-state index is -0.892. The number of urea groups is 1. The predicted octanol–water partition coefficient (Wildman–Crippen LogP) is 1.88. The Labute approximate surface area is 110 Å². The second-order valence-corrected chi connectivity index (χ2v) is 4.02. The van der Waals surface area contributed by atoms with Crippen LogP contribution in [0.2, 0.25) is 0 Å². The molecule has 0 heterocycles. The molecule has 6 heteroatoms. The van der Waals surface area contributed by atoms with Crippen molar-refractivity contribution in [2.45, 2.75) is 19.8 Å². The van der Waals surface area contributed by atoms with Crippen molar-refractivity contribution in [1.29, 1.82) is 0 Å². The third-order valence-electron chi connectivity index (χ3n) is 2.38. The molecule has 1 aromatic carbocycles. The summed E-state index contributed by atoms with van der Waals surface area (Å²) in [6, 6.07) is 6.17. The molecule has 1 rings (SSSR count).